The first-order valence-electron chi connectivity index (χ1n) is 10.6. The van der Waals surface area contributed by atoms with Gasteiger partial charge in [0.05, 0.1) is 5.69 Å². The fraction of sp³-hybridized carbons (Fsp3) is 0.591. The molecule has 6 heteroatoms. The molecule has 1 aliphatic heterocycles. The summed E-state index contributed by atoms with van der Waals surface area (Å²) in [6.07, 6.45) is 8.70. The molecule has 4 rings (SSSR count). The van der Waals surface area contributed by atoms with Crippen LogP contribution in [-0.2, 0) is 4.79 Å². The lowest BCUT2D eigenvalue weighted by atomic mass is 9.86. The largest absolute Gasteiger partial charge is 0.347 e. The first-order valence-corrected chi connectivity index (χ1v) is 10.6. The summed E-state index contributed by atoms with van der Waals surface area (Å²) in [4.78, 5) is 27.0. The summed E-state index contributed by atoms with van der Waals surface area (Å²) in [7, 11) is 0. The molecule has 1 aromatic carbocycles. The minimum Gasteiger partial charge on any atom is -0.343 e. The van der Waals surface area contributed by atoms with Crippen LogP contribution >= 0.6 is 0 Å². The van der Waals surface area contributed by atoms with Gasteiger partial charge in [0.15, 0.2) is 0 Å². The highest BCUT2D eigenvalue weighted by atomic mass is 16.2. The smallest absolute Gasteiger partial charge is 0.343 e. The topological polar surface area (TPSA) is 71.0 Å². The Morgan fingerprint density at radius 1 is 1.07 bits per heavy atom. The number of aryl methyl sites for hydroxylation is 1. The molecule has 150 valence electrons. The zero-order valence-corrected chi connectivity index (χ0v) is 16.7. The SMILES string of the molecule is Cc1ccc(-n2c(C3CCN(C(=O)CC4CCCCC4)CC3)n[nH]c2=O)cc1. The fourth-order valence-electron chi connectivity index (χ4n) is 4.68. The summed E-state index contributed by atoms with van der Waals surface area (Å²) >= 11 is 0. The maximum absolute atomic E-state index is 12.7. The van der Waals surface area contributed by atoms with Crippen molar-refractivity contribution in [3.05, 3.63) is 46.1 Å². The van der Waals surface area contributed by atoms with Crippen molar-refractivity contribution in [2.75, 3.05) is 13.1 Å². The third kappa shape index (κ3) is 4.05. The van der Waals surface area contributed by atoms with Crippen molar-refractivity contribution in [1.82, 2.24) is 19.7 Å². The van der Waals surface area contributed by atoms with Crippen LogP contribution in [0.2, 0.25) is 0 Å². The second kappa shape index (κ2) is 8.33. The van der Waals surface area contributed by atoms with Gasteiger partial charge in [-0.05, 0) is 50.7 Å². The predicted octanol–water partition coefficient (Wildman–Crippen LogP) is 3.55. The summed E-state index contributed by atoms with van der Waals surface area (Å²) in [6, 6.07) is 7.92. The Hall–Kier alpha value is -2.37. The minimum atomic E-state index is -0.199. The monoisotopic (exact) mass is 382 g/mol. The Morgan fingerprint density at radius 2 is 1.75 bits per heavy atom. The zero-order chi connectivity index (χ0) is 19.5. The highest BCUT2D eigenvalue weighted by Gasteiger charge is 2.29. The number of aromatic amines is 1. The number of piperidine rings is 1. The number of nitrogens with one attached hydrogen (secondary N) is 1. The zero-order valence-electron chi connectivity index (χ0n) is 16.7. The molecule has 0 radical (unpaired) electrons. The molecule has 1 saturated carbocycles. The number of amides is 1. The van der Waals surface area contributed by atoms with E-state index >= 15 is 0 Å². The molecule has 1 aromatic heterocycles. The van der Waals surface area contributed by atoms with Crippen molar-refractivity contribution in [2.45, 2.75) is 64.2 Å². The van der Waals surface area contributed by atoms with E-state index in [1.165, 1.54) is 32.1 Å². The molecule has 0 spiro atoms. The van der Waals surface area contributed by atoms with Crippen LogP contribution in [0.15, 0.2) is 29.1 Å². The third-order valence-corrected chi connectivity index (χ3v) is 6.39. The van der Waals surface area contributed by atoms with E-state index in [9.17, 15) is 9.59 Å². The molecular weight excluding hydrogens is 352 g/mol. The molecule has 2 aromatic rings. The molecule has 1 amide bonds. The molecule has 0 unspecified atom stereocenters. The molecule has 6 nitrogen and oxygen atoms in total. The number of likely N-dealkylation sites (tertiary alicyclic amines) is 1. The molecular formula is C22H30N4O2. The summed E-state index contributed by atoms with van der Waals surface area (Å²) in [6.45, 7) is 3.54. The van der Waals surface area contributed by atoms with Crippen molar-refractivity contribution in [1.29, 1.82) is 0 Å². The van der Waals surface area contributed by atoms with Gasteiger partial charge in [-0.3, -0.25) is 4.79 Å². The number of hydrogen-bond donors (Lipinski definition) is 1. The van der Waals surface area contributed by atoms with Crippen molar-refractivity contribution in [3.8, 4) is 5.69 Å². The van der Waals surface area contributed by atoms with Crippen molar-refractivity contribution in [3.63, 3.8) is 0 Å². The third-order valence-electron chi connectivity index (χ3n) is 6.39. The lowest BCUT2D eigenvalue weighted by Gasteiger charge is -2.33. The van der Waals surface area contributed by atoms with Crippen LogP contribution in [0.4, 0.5) is 0 Å². The maximum atomic E-state index is 12.7. The molecule has 2 heterocycles. The van der Waals surface area contributed by atoms with Gasteiger partial charge in [-0.1, -0.05) is 37.0 Å². The number of nitrogens with zero attached hydrogens (tertiary/aromatic N) is 3. The Bertz CT molecular complexity index is 853. The van der Waals surface area contributed by atoms with Gasteiger partial charge >= 0.3 is 5.69 Å². The number of carbonyl (C=O) groups is 1. The van der Waals surface area contributed by atoms with Gasteiger partial charge in [0.1, 0.15) is 5.82 Å². The van der Waals surface area contributed by atoms with Crippen LogP contribution in [0, 0.1) is 12.8 Å². The predicted molar refractivity (Wildman–Crippen MR) is 109 cm³/mol. The Kier molecular flexibility index (Phi) is 5.64. The van der Waals surface area contributed by atoms with Crippen LogP contribution in [0.5, 0.6) is 0 Å². The van der Waals surface area contributed by atoms with E-state index in [0.29, 0.717) is 18.2 Å². The minimum absolute atomic E-state index is 0.194. The van der Waals surface area contributed by atoms with E-state index in [1.54, 1.807) is 4.57 Å². The average molecular weight is 383 g/mol. The molecule has 1 N–H and O–H groups in total. The van der Waals surface area contributed by atoms with E-state index in [1.807, 2.05) is 36.1 Å². The van der Waals surface area contributed by atoms with Crippen LogP contribution in [0.3, 0.4) is 0 Å². The first-order chi connectivity index (χ1) is 13.6. The second-order valence-corrected chi connectivity index (χ2v) is 8.42. The number of H-pyrrole nitrogens is 1. The van der Waals surface area contributed by atoms with Crippen LogP contribution in [0.25, 0.3) is 5.69 Å². The number of aromatic nitrogens is 3. The van der Waals surface area contributed by atoms with E-state index < -0.39 is 0 Å². The van der Waals surface area contributed by atoms with Gasteiger partial charge in [0.2, 0.25) is 5.91 Å². The number of carbonyl (C=O) groups excluding carboxylic acids is 1. The quantitative estimate of drug-likeness (QED) is 0.879. The Labute approximate surface area is 165 Å². The van der Waals surface area contributed by atoms with Gasteiger partial charge in [0, 0.05) is 25.4 Å². The van der Waals surface area contributed by atoms with E-state index in [-0.39, 0.29) is 11.6 Å². The van der Waals surface area contributed by atoms with Gasteiger partial charge in [0.25, 0.3) is 0 Å². The molecule has 28 heavy (non-hydrogen) atoms. The highest BCUT2D eigenvalue weighted by Crippen LogP contribution is 2.30. The standard InChI is InChI=1S/C22H30N4O2/c1-16-7-9-19(10-8-16)26-21(23-24-22(26)28)18-11-13-25(14-12-18)20(27)15-17-5-3-2-4-6-17/h7-10,17-18H,2-6,11-15H2,1H3,(H,24,28). The van der Waals surface area contributed by atoms with Gasteiger partial charge in [-0.2, -0.15) is 5.10 Å². The molecule has 1 saturated heterocycles. The Balaban J connectivity index is 1.41. The van der Waals surface area contributed by atoms with Gasteiger partial charge in [-0.25, -0.2) is 14.5 Å². The fourth-order valence-corrected chi connectivity index (χ4v) is 4.68. The van der Waals surface area contributed by atoms with E-state index in [2.05, 4.69) is 10.2 Å². The lowest BCUT2D eigenvalue weighted by molar-refractivity contribution is -0.133. The first kappa shape index (κ1) is 19.0. The second-order valence-electron chi connectivity index (χ2n) is 8.42. The van der Waals surface area contributed by atoms with Gasteiger partial charge in [-0.15, -0.1) is 0 Å². The molecule has 2 aliphatic rings. The van der Waals surface area contributed by atoms with Gasteiger partial charge < -0.3 is 4.90 Å². The van der Waals surface area contributed by atoms with E-state index in [4.69, 9.17) is 0 Å². The summed E-state index contributed by atoms with van der Waals surface area (Å²) in [5.74, 6) is 1.87. The van der Waals surface area contributed by atoms with Crippen LogP contribution in [-0.4, -0.2) is 38.7 Å². The van der Waals surface area contributed by atoms with Crippen molar-refractivity contribution < 1.29 is 4.79 Å². The highest BCUT2D eigenvalue weighted by molar-refractivity contribution is 5.76. The maximum Gasteiger partial charge on any atom is 0.347 e. The molecule has 0 atom stereocenters. The normalized spacial score (nSPS) is 19.1. The number of benzene rings is 1. The summed E-state index contributed by atoms with van der Waals surface area (Å²) < 4.78 is 1.68. The summed E-state index contributed by atoms with van der Waals surface area (Å²) in [5, 5.41) is 6.94. The average Bonchev–Trinajstić information content (AvgIpc) is 3.11. The molecule has 0 bridgehead atoms. The van der Waals surface area contributed by atoms with Crippen LogP contribution in [0.1, 0.15) is 68.7 Å². The number of rotatable bonds is 4. The van der Waals surface area contributed by atoms with Crippen LogP contribution < -0.4 is 5.69 Å². The van der Waals surface area contributed by atoms with E-state index in [0.717, 1.165) is 43.0 Å². The lowest BCUT2D eigenvalue weighted by Crippen LogP contribution is -2.39. The Morgan fingerprint density at radius 3 is 2.43 bits per heavy atom. The van der Waals surface area contributed by atoms with Crippen molar-refractivity contribution >= 4 is 5.91 Å². The van der Waals surface area contributed by atoms with Crippen molar-refractivity contribution in [2.24, 2.45) is 5.92 Å². The molecule has 1 aliphatic carbocycles. The number of hydrogen-bond acceptors (Lipinski definition) is 3. The summed E-state index contributed by atoms with van der Waals surface area (Å²) in [5.41, 5.74) is 1.80. The molecule has 2 fully saturated rings.